The zero-order valence-corrected chi connectivity index (χ0v) is 5.80. The van der Waals surface area contributed by atoms with Crippen LogP contribution in [0.25, 0.3) is 0 Å². The van der Waals surface area contributed by atoms with Crippen LogP contribution in [0.15, 0.2) is 18.3 Å². The topological polar surface area (TPSA) is 39.6 Å². The van der Waals surface area contributed by atoms with Crippen LogP contribution in [0.4, 0.5) is 0 Å². The van der Waals surface area contributed by atoms with Crippen molar-refractivity contribution in [2.75, 3.05) is 0 Å². The predicted molar refractivity (Wildman–Crippen MR) is 31.8 cm³/mol. The predicted octanol–water partition coefficient (Wildman–Crippen LogP) is -0.175. The average Bonchev–Trinajstić information content (AvgIpc) is 2.19. The van der Waals surface area contributed by atoms with Crippen LogP contribution < -0.4 is 4.59 Å². The van der Waals surface area contributed by atoms with Gasteiger partial charge in [-0.15, -0.1) is 0 Å². The Morgan fingerprint density at radius 3 is 3.12 bits per heavy atom. The van der Waals surface area contributed by atoms with Gasteiger partial charge < -0.3 is 0 Å². The summed E-state index contributed by atoms with van der Waals surface area (Å²) in [5.74, 6) is 0. The first-order valence-corrected chi connectivity index (χ1v) is 3.84. The van der Waals surface area contributed by atoms with Crippen LogP contribution in [-0.2, 0) is 0 Å². The Bertz CT molecular complexity index is 185. The normalized spacial score (nSPS) is 8.38. The first-order valence-electron chi connectivity index (χ1n) is 2.13. The summed E-state index contributed by atoms with van der Waals surface area (Å²) in [6.45, 7) is 0. The zero-order valence-electron chi connectivity index (χ0n) is 4.09. The van der Waals surface area contributed by atoms with E-state index in [9.17, 15) is 0 Å². The Labute approximate surface area is 53.7 Å². The molecule has 0 fully saturated rings. The summed E-state index contributed by atoms with van der Waals surface area (Å²) in [6, 6.07) is 3.82. The quantitative estimate of drug-likeness (QED) is 0.585. The molecule has 0 aliphatic heterocycles. The summed E-state index contributed by atoms with van der Waals surface area (Å²) in [5, 5.41) is 8.20. The van der Waals surface area contributed by atoms with Crippen molar-refractivity contribution in [3.63, 3.8) is 0 Å². The molecule has 0 unspecified atom stereocenters. The molecule has 2 nitrogen and oxygen atoms in total. The number of nitriles is 1. The van der Waals surface area contributed by atoms with Gasteiger partial charge in [0.1, 0.15) is 0 Å². The first kappa shape index (κ1) is 5.43. The third kappa shape index (κ3) is 1.13. The van der Waals surface area contributed by atoms with Crippen LogP contribution in [0.3, 0.4) is 0 Å². The average molecular weight is 171 g/mol. The third-order valence-corrected chi connectivity index (χ3v) is 1.91. The molecule has 0 saturated carbocycles. The van der Waals surface area contributed by atoms with E-state index in [0.29, 0.717) is 0 Å². The van der Waals surface area contributed by atoms with Crippen LogP contribution in [0.1, 0.15) is 0 Å². The van der Waals surface area contributed by atoms with E-state index < -0.39 is 0 Å². The van der Waals surface area contributed by atoms with Gasteiger partial charge in [0.25, 0.3) is 0 Å². The van der Waals surface area contributed by atoms with E-state index in [0.717, 1.165) is 4.59 Å². The molecule has 0 saturated heterocycles. The molecular weight excluding hydrogens is 167 g/mol. The van der Waals surface area contributed by atoms with Gasteiger partial charge in [-0.25, -0.2) is 0 Å². The van der Waals surface area contributed by atoms with Crippen LogP contribution >= 0.6 is 0 Å². The fourth-order valence-electron chi connectivity index (χ4n) is 0.427. The van der Waals surface area contributed by atoms with Crippen LogP contribution in [0.5, 0.6) is 0 Å². The van der Waals surface area contributed by atoms with E-state index in [1.54, 1.807) is 0 Å². The van der Waals surface area contributed by atoms with Gasteiger partial charge in [-0.2, -0.15) is 0 Å². The Balaban J connectivity index is 2.67. The second-order valence-electron chi connectivity index (χ2n) is 1.23. The SMILES string of the molecule is N#C[Se]c1ccc[nH]1. The third-order valence-electron chi connectivity index (χ3n) is 0.725. The molecule has 0 amide bonds. The summed E-state index contributed by atoms with van der Waals surface area (Å²) in [6.07, 6.45) is 1.83. The Morgan fingerprint density at radius 2 is 2.62 bits per heavy atom. The second kappa shape index (κ2) is 2.56. The van der Waals surface area contributed by atoms with Gasteiger partial charge in [-0.1, -0.05) is 0 Å². The summed E-state index contributed by atoms with van der Waals surface area (Å²) in [4.78, 5) is 5.04. The van der Waals surface area contributed by atoms with E-state index in [1.807, 2.05) is 18.3 Å². The molecule has 0 spiro atoms. The maximum absolute atomic E-state index is 8.20. The molecule has 1 aromatic heterocycles. The van der Waals surface area contributed by atoms with Gasteiger partial charge in [0, 0.05) is 0 Å². The van der Waals surface area contributed by atoms with Crippen molar-refractivity contribution in [2.24, 2.45) is 0 Å². The fraction of sp³-hybridized carbons (Fsp3) is 0. The molecule has 3 heteroatoms. The molecule has 1 aromatic rings. The maximum atomic E-state index is 8.20. The molecule has 1 heterocycles. The van der Waals surface area contributed by atoms with Gasteiger partial charge in [-0.3, -0.25) is 0 Å². The molecule has 8 heavy (non-hydrogen) atoms. The molecule has 0 aliphatic carbocycles. The Hall–Kier alpha value is -0.711. The molecule has 0 bridgehead atoms. The Morgan fingerprint density at radius 1 is 1.75 bits per heavy atom. The van der Waals surface area contributed by atoms with Crippen molar-refractivity contribution in [2.45, 2.75) is 0 Å². The van der Waals surface area contributed by atoms with Gasteiger partial charge in [0.15, 0.2) is 0 Å². The summed E-state index contributed by atoms with van der Waals surface area (Å²) in [7, 11) is 0. The van der Waals surface area contributed by atoms with Gasteiger partial charge in [-0.05, 0) is 0 Å². The molecular formula is C5H4N2Se. The van der Waals surface area contributed by atoms with Crippen LogP contribution in [0.2, 0.25) is 0 Å². The van der Waals surface area contributed by atoms with E-state index in [1.165, 1.54) is 0 Å². The van der Waals surface area contributed by atoms with Gasteiger partial charge in [0.2, 0.25) is 0 Å². The van der Waals surface area contributed by atoms with Gasteiger partial charge >= 0.3 is 53.1 Å². The number of aromatic nitrogens is 1. The number of nitrogens with zero attached hydrogens (tertiary/aromatic N) is 1. The van der Waals surface area contributed by atoms with E-state index in [2.05, 4.69) is 9.95 Å². The number of rotatable bonds is 1. The van der Waals surface area contributed by atoms with Crippen molar-refractivity contribution < 1.29 is 0 Å². The van der Waals surface area contributed by atoms with E-state index >= 15 is 0 Å². The molecule has 0 atom stereocenters. The van der Waals surface area contributed by atoms with Crippen molar-refractivity contribution in [3.8, 4) is 4.97 Å². The summed E-state index contributed by atoms with van der Waals surface area (Å²) in [5.41, 5.74) is 0. The first-order chi connectivity index (χ1) is 3.93. The second-order valence-corrected chi connectivity index (χ2v) is 2.96. The number of hydrogen-bond acceptors (Lipinski definition) is 1. The molecule has 0 radical (unpaired) electrons. The van der Waals surface area contributed by atoms with Crippen LogP contribution in [-0.4, -0.2) is 19.9 Å². The molecule has 1 rings (SSSR count). The number of H-pyrrole nitrogens is 1. The monoisotopic (exact) mass is 172 g/mol. The minimum absolute atomic E-state index is 0.0104. The molecule has 1 N–H and O–H groups in total. The summed E-state index contributed by atoms with van der Waals surface area (Å²) >= 11 is -0.0104. The zero-order chi connectivity index (χ0) is 5.82. The van der Waals surface area contributed by atoms with E-state index in [-0.39, 0.29) is 15.0 Å². The van der Waals surface area contributed by atoms with Crippen LogP contribution in [0, 0.1) is 10.2 Å². The molecule has 0 aromatic carbocycles. The van der Waals surface area contributed by atoms with E-state index in [4.69, 9.17) is 5.26 Å². The number of nitrogens with one attached hydrogen (secondary N) is 1. The van der Waals surface area contributed by atoms with Crippen molar-refractivity contribution >= 4 is 19.5 Å². The van der Waals surface area contributed by atoms with Crippen molar-refractivity contribution in [1.82, 2.24) is 4.98 Å². The number of hydrogen-bond donors (Lipinski definition) is 1. The summed E-state index contributed by atoms with van der Waals surface area (Å²) < 4.78 is 1.04. The molecule has 40 valence electrons. The van der Waals surface area contributed by atoms with Crippen molar-refractivity contribution in [1.29, 1.82) is 5.26 Å². The standard InChI is InChI=1S/C5H4N2Se/c6-4-8-5-2-1-3-7-5/h1-3,7H. The van der Waals surface area contributed by atoms with Crippen molar-refractivity contribution in [3.05, 3.63) is 18.3 Å². The van der Waals surface area contributed by atoms with Gasteiger partial charge in [0.05, 0.1) is 0 Å². The molecule has 0 aliphatic rings. The minimum atomic E-state index is -0.0104. The Kier molecular flexibility index (Phi) is 1.74. The number of aromatic amines is 1. The fourth-order valence-corrected chi connectivity index (χ4v) is 1.21.